The molecule has 1 saturated carbocycles. The largest absolute Gasteiger partial charge is 0.451 e. The molecule has 18 heavy (non-hydrogen) atoms. The number of amides is 1. The van der Waals surface area contributed by atoms with Crippen LogP contribution in [0.5, 0.6) is 0 Å². The number of furan rings is 1. The molecule has 1 heterocycles. The summed E-state index contributed by atoms with van der Waals surface area (Å²) in [6, 6.07) is 5.88. The molecule has 0 radical (unpaired) electrons. The van der Waals surface area contributed by atoms with Crippen molar-refractivity contribution in [1.82, 2.24) is 4.90 Å². The maximum Gasteiger partial charge on any atom is 0.247 e. The molecule has 0 unspecified atom stereocenters. The minimum absolute atomic E-state index is 0.164. The molecule has 1 aromatic heterocycles. The second-order valence-corrected chi connectivity index (χ2v) is 5.43. The van der Waals surface area contributed by atoms with Gasteiger partial charge in [0.1, 0.15) is 11.3 Å². The van der Waals surface area contributed by atoms with Crippen molar-refractivity contribution in [3.05, 3.63) is 27.7 Å². The van der Waals surface area contributed by atoms with Gasteiger partial charge in [0.05, 0.1) is 6.07 Å². The zero-order valence-electron chi connectivity index (χ0n) is 10.0. The zero-order chi connectivity index (χ0) is 13.2. The first-order valence-electron chi connectivity index (χ1n) is 5.70. The van der Waals surface area contributed by atoms with E-state index in [0.29, 0.717) is 5.76 Å². The van der Waals surface area contributed by atoms with Crippen molar-refractivity contribution < 1.29 is 9.21 Å². The SMILES string of the molecule is CN(C(=O)C=Cc1ccc(I)o1)C1(C#N)CCC1. The van der Waals surface area contributed by atoms with Crippen molar-refractivity contribution in [2.75, 3.05) is 7.05 Å². The third-order valence-corrected chi connectivity index (χ3v) is 3.93. The molecule has 0 spiro atoms. The first-order chi connectivity index (χ1) is 8.57. The van der Waals surface area contributed by atoms with Crippen molar-refractivity contribution in [2.45, 2.75) is 24.8 Å². The van der Waals surface area contributed by atoms with Gasteiger partial charge >= 0.3 is 0 Å². The number of nitriles is 1. The molecule has 0 atom stereocenters. The molecule has 1 aliphatic carbocycles. The topological polar surface area (TPSA) is 57.2 Å². The Morgan fingerprint density at radius 1 is 1.61 bits per heavy atom. The molecule has 2 rings (SSSR count). The van der Waals surface area contributed by atoms with Gasteiger partial charge in [-0.2, -0.15) is 5.26 Å². The molecular weight excluding hydrogens is 343 g/mol. The van der Waals surface area contributed by atoms with Crippen LogP contribution in [0, 0.1) is 15.1 Å². The highest BCUT2D eigenvalue weighted by atomic mass is 127. The van der Waals surface area contributed by atoms with E-state index in [1.54, 1.807) is 19.2 Å². The number of nitrogens with zero attached hydrogens (tertiary/aromatic N) is 2. The highest BCUT2D eigenvalue weighted by Gasteiger charge is 2.42. The van der Waals surface area contributed by atoms with Gasteiger partial charge in [-0.3, -0.25) is 4.79 Å². The summed E-state index contributed by atoms with van der Waals surface area (Å²) in [6.45, 7) is 0. The number of halogens is 1. The molecule has 1 aromatic rings. The van der Waals surface area contributed by atoms with Crippen LogP contribution in [0.2, 0.25) is 0 Å². The lowest BCUT2D eigenvalue weighted by Crippen LogP contribution is -2.52. The molecule has 94 valence electrons. The molecule has 0 aliphatic heterocycles. The number of hydrogen-bond acceptors (Lipinski definition) is 3. The van der Waals surface area contributed by atoms with E-state index in [-0.39, 0.29) is 5.91 Å². The Kier molecular flexibility index (Phi) is 3.76. The number of rotatable bonds is 3. The predicted molar refractivity (Wildman–Crippen MR) is 75.4 cm³/mol. The fourth-order valence-electron chi connectivity index (χ4n) is 1.93. The lowest BCUT2D eigenvalue weighted by Gasteiger charge is -2.42. The Balaban J connectivity index is 2.04. The quantitative estimate of drug-likeness (QED) is 0.618. The molecule has 1 aliphatic rings. The average Bonchev–Trinajstić information content (AvgIpc) is 2.71. The summed E-state index contributed by atoms with van der Waals surface area (Å²) < 4.78 is 6.11. The van der Waals surface area contributed by atoms with Gasteiger partial charge in [-0.1, -0.05) is 0 Å². The molecule has 1 amide bonds. The Morgan fingerprint density at radius 2 is 2.33 bits per heavy atom. The highest BCUT2D eigenvalue weighted by Crippen LogP contribution is 2.36. The Hall–Kier alpha value is -1.29. The Morgan fingerprint density at radius 3 is 2.78 bits per heavy atom. The number of hydrogen-bond donors (Lipinski definition) is 0. The van der Waals surface area contributed by atoms with E-state index in [1.165, 1.54) is 11.0 Å². The molecule has 0 N–H and O–H groups in total. The van der Waals surface area contributed by atoms with E-state index in [1.807, 2.05) is 6.07 Å². The van der Waals surface area contributed by atoms with Gasteiger partial charge in [-0.05, 0) is 60.1 Å². The molecule has 1 fully saturated rings. The summed E-state index contributed by atoms with van der Waals surface area (Å²) in [4.78, 5) is 13.5. The first kappa shape index (κ1) is 13.1. The van der Waals surface area contributed by atoms with Crippen LogP contribution in [-0.4, -0.2) is 23.4 Å². The standard InChI is InChI=1S/C13H13IN2O2/c1-16(13(9-15)7-2-8-13)12(17)6-4-10-3-5-11(14)18-10/h3-6H,2,7-8H2,1H3. The Bertz CT molecular complexity index is 523. The molecule has 0 aromatic carbocycles. The molecule has 0 bridgehead atoms. The fourth-order valence-corrected chi connectivity index (χ4v) is 2.36. The van der Waals surface area contributed by atoms with Crippen LogP contribution in [0.1, 0.15) is 25.0 Å². The lowest BCUT2D eigenvalue weighted by molar-refractivity contribution is -0.130. The van der Waals surface area contributed by atoms with Crippen LogP contribution < -0.4 is 0 Å². The lowest BCUT2D eigenvalue weighted by atomic mass is 9.76. The summed E-state index contributed by atoms with van der Waals surface area (Å²) in [5, 5.41) is 9.16. The monoisotopic (exact) mass is 356 g/mol. The van der Waals surface area contributed by atoms with E-state index >= 15 is 0 Å². The first-order valence-corrected chi connectivity index (χ1v) is 6.78. The van der Waals surface area contributed by atoms with Crippen LogP contribution in [0.3, 0.4) is 0 Å². The van der Waals surface area contributed by atoms with Crippen LogP contribution in [0.15, 0.2) is 22.6 Å². The van der Waals surface area contributed by atoms with Crippen molar-refractivity contribution in [3.8, 4) is 6.07 Å². The van der Waals surface area contributed by atoms with Crippen molar-refractivity contribution in [1.29, 1.82) is 5.26 Å². The van der Waals surface area contributed by atoms with Crippen molar-refractivity contribution in [2.24, 2.45) is 0 Å². The van der Waals surface area contributed by atoms with E-state index in [2.05, 4.69) is 28.7 Å². The van der Waals surface area contributed by atoms with Gasteiger partial charge in [0.2, 0.25) is 5.91 Å². The third-order valence-electron chi connectivity index (χ3n) is 3.35. The summed E-state index contributed by atoms with van der Waals surface area (Å²) in [5.41, 5.74) is -0.598. The van der Waals surface area contributed by atoms with Gasteiger partial charge in [-0.15, -0.1) is 0 Å². The van der Waals surface area contributed by atoms with Crippen LogP contribution in [-0.2, 0) is 4.79 Å². The van der Waals surface area contributed by atoms with E-state index < -0.39 is 5.54 Å². The number of carbonyl (C=O) groups excluding carboxylic acids is 1. The van der Waals surface area contributed by atoms with Gasteiger partial charge < -0.3 is 9.32 Å². The van der Waals surface area contributed by atoms with E-state index in [0.717, 1.165) is 23.0 Å². The smallest absolute Gasteiger partial charge is 0.247 e. The highest BCUT2D eigenvalue weighted by molar-refractivity contribution is 14.1. The number of likely N-dealkylation sites (N-methyl/N-ethyl adjacent to an activating group) is 1. The maximum absolute atomic E-state index is 12.0. The predicted octanol–water partition coefficient (Wildman–Crippen LogP) is 2.80. The van der Waals surface area contributed by atoms with Crippen LogP contribution in [0.4, 0.5) is 0 Å². The van der Waals surface area contributed by atoms with E-state index in [4.69, 9.17) is 9.68 Å². The average molecular weight is 356 g/mol. The molecule has 0 saturated heterocycles. The summed E-state index contributed by atoms with van der Waals surface area (Å²) in [5.74, 6) is 0.475. The summed E-state index contributed by atoms with van der Waals surface area (Å²) in [7, 11) is 1.68. The fraction of sp³-hybridized carbons (Fsp3) is 0.385. The van der Waals surface area contributed by atoms with Gasteiger partial charge in [0.15, 0.2) is 3.77 Å². The normalized spacial score (nSPS) is 17.2. The summed E-state index contributed by atoms with van der Waals surface area (Å²) >= 11 is 2.07. The van der Waals surface area contributed by atoms with Crippen LogP contribution >= 0.6 is 22.6 Å². The van der Waals surface area contributed by atoms with Gasteiger partial charge in [0, 0.05) is 13.1 Å². The van der Waals surface area contributed by atoms with Crippen molar-refractivity contribution >= 4 is 34.6 Å². The second-order valence-electron chi connectivity index (χ2n) is 4.37. The minimum atomic E-state index is -0.598. The van der Waals surface area contributed by atoms with Crippen LogP contribution in [0.25, 0.3) is 6.08 Å². The second kappa shape index (κ2) is 5.14. The maximum atomic E-state index is 12.0. The minimum Gasteiger partial charge on any atom is -0.451 e. The molecule has 4 nitrogen and oxygen atoms in total. The Labute approximate surface area is 119 Å². The zero-order valence-corrected chi connectivity index (χ0v) is 12.2. The van der Waals surface area contributed by atoms with Gasteiger partial charge in [-0.25, -0.2) is 0 Å². The number of carbonyl (C=O) groups is 1. The van der Waals surface area contributed by atoms with Crippen molar-refractivity contribution in [3.63, 3.8) is 0 Å². The third kappa shape index (κ3) is 2.43. The van der Waals surface area contributed by atoms with E-state index in [9.17, 15) is 4.79 Å². The molecule has 5 heteroatoms. The molecular formula is C13H13IN2O2. The summed E-state index contributed by atoms with van der Waals surface area (Å²) in [6.07, 6.45) is 5.61. The van der Waals surface area contributed by atoms with Gasteiger partial charge in [0.25, 0.3) is 0 Å².